The number of rotatable bonds is 5. The van der Waals surface area contributed by atoms with Gasteiger partial charge in [0.25, 0.3) is 5.91 Å². The van der Waals surface area contributed by atoms with Crippen molar-refractivity contribution < 1.29 is 14.6 Å². The minimum atomic E-state index is -0.776. The van der Waals surface area contributed by atoms with Gasteiger partial charge in [0, 0.05) is 12.7 Å². The minimum absolute atomic E-state index is 0.0284. The first-order valence-corrected chi connectivity index (χ1v) is 8.81. The molecule has 0 fully saturated rings. The van der Waals surface area contributed by atoms with Gasteiger partial charge >= 0.3 is 0 Å². The fourth-order valence-electron chi connectivity index (χ4n) is 3.11. The van der Waals surface area contributed by atoms with Crippen molar-refractivity contribution in [2.75, 3.05) is 13.2 Å². The third kappa shape index (κ3) is 3.83. The number of aromatic nitrogens is 3. The van der Waals surface area contributed by atoms with Crippen LogP contribution in [0.5, 0.6) is 5.75 Å². The van der Waals surface area contributed by atoms with Crippen LogP contribution in [-0.4, -0.2) is 43.8 Å². The summed E-state index contributed by atoms with van der Waals surface area (Å²) in [6.07, 6.45) is 2.46. The molecule has 0 radical (unpaired) electrons. The lowest BCUT2D eigenvalue weighted by atomic mass is 10.1. The van der Waals surface area contributed by atoms with Gasteiger partial charge in [-0.05, 0) is 23.8 Å². The number of aliphatic hydroxyl groups excluding tert-OH is 1. The first-order valence-electron chi connectivity index (χ1n) is 8.81. The van der Waals surface area contributed by atoms with Gasteiger partial charge in [0.2, 0.25) is 0 Å². The fourth-order valence-corrected chi connectivity index (χ4v) is 3.11. The highest BCUT2D eigenvalue weighted by Gasteiger charge is 2.24. The van der Waals surface area contributed by atoms with E-state index in [0.29, 0.717) is 31.1 Å². The van der Waals surface area contributed by atoms with Crippen LogP contribution < -0.4 is 4.74 Å². The third-order valence-corrected chi connectivity index (χ3v) is 4.56. The van der Waals surface area contributed by atoms with Crippen molar-refractivity contribution in [1.82, 2.24) is 19.7 Å². The summed E-state index contributed by atoms with van der Waals surface area (Å²) in [7, 11) is 0. The molecule has 7 heteroatoms. The van der Waals surface area contributed by atoms with Gasteiger partial charge in [0.15, 0.2) is 6.61 Å². The fraction of sp³-hybridized carbons (Fsp3) is 0.250. The highest BCUT2D eigenvalue weighted by atomic mass is 16.5. The maximum absolute atomic E-state index is 12.4. The predicted octanol–water partition coefficient (Wildman–Crippen LogP) is 1.78. The van der Waals surface area contributed by atoms with Gasteiger partial charge in [0.1, 0.15) is 11.9 Å². The van der Waals surface area contributed by atoms with E-state index in [1.165, 1.54) is 0 Å². The van der Waals surface area contributed by atoms with Crippen LogP contribution in [0.3, 0.4) is 0 Å². The lowest BCUT2D eigenvalue weighted by Crippen LogP contribution is -2.40. The van der Waals surface area contributed by atoms with Crippen LogP contribution in [0.4, 0.5) is 0 Å². The summed E-state index contributed by atoms with van der Waals surface area (Å²) in [5, 5.41) is 15.0. The Balaban J connectivity index is 1.41. The molecule has 7 nitrogen and oxygen atoms in total. The lowest BCUT2D eigenvalue weighted by molar-refractivity contribution is -0.134. The SMILES string of the molecule is O=C(COc1cccnc1)N1CCn2nc(C(O)c3ccccc3)cc2C1. The van der Waals surface area contributed by atoms with Crippen LogP contribution in [0.2, 0.25) is 0 Å². The van der Waals surface area contributed by atoms with Crippen molar-refractivity contribution in [3.8, 4) is 5.75 Å². The maximum Gasteiger partial charge on any atom is 0.260 e. The number of nitrogens with zero attached hydrogens (tertiary/aromatic N) is 4. The predicted molar refractivity (Wildman–Crippen MR) is 97.9 cm³/mol. The molecule has 0 saturated heterocycles. The van der Waals surface area contributed by atoms with E-state index in [-0.39, 0.29) is 12.5 Å². The average molecular weight is 364 g/mol. The number of carbonyl (C=O) groups is 1. The minimum Gasteiger partial charge on any atom is -0.482 e. The van der Waals surface area contributed by atoms with E-state index in [4.69, 9.17) is 4.74 Å². The number of fused-ring (bicyclic) bond motifs is 1. The highest BCUT2D eigenvalue weighted by molar-refractivity contribution is 5.77. The highest BCUT2D eigenvalue weighted by Crippen LogP contribution is 2.23. The summed E-state index contributed by atoms with van der Waals surface area (Å²) >= 11 is 0. The number of carbonyl (C=O) groups excluding carboxylic acids is 1. The van der Waals surface area contributed by atoms with Crippen LogP contribution in [0.15, 0.2) is 60.9 Å². The summed E-state index contributed by atoms with van der Waals surface area (Å²) in [4.78, 5) is 18.2. The van der Waals surface area contributed by atoms with Gasteiger partial charge in [0.05, 0.1) is 30.7 Å². The standard InChI is InChI=1S/C20H20N4O3/c25-19(14-27-17-7-4-8-21-12-17)23-9-10-24-16(13-23)11-18(22-24)20(26)15-5-2-1-3-6-15/h1-8,11-12,20,26H,9-10,13-14H2. The topological polar surface area (TPSA) is 80.5 Å². The van der Waals surface area contributed by atoms with E-state index in [0.717, 1.165) is 11.3 Å². The zero-order chi connectivity index (χ0) is 18.6. The van der Waals surface area contributed by atoms with E-state index in [2.05, 4.69) is 10.1 Å². The molecule has 1 amide bonds. The second-order valence-corrected chi connectivity index (χ2v) is 6.39. The molecular weight excluding hydrogens is 344 g/mol. The van der Waals surface area contributed by atoms with Crippen LogP contribution in [0.1, 0.15) is 23.1 Å². The largest absolute Gasteiger partial charge is 0.482 e. The number of pyridine rings is 1. The molecule has 4 rings (SSSR count). The number of amides is 1. The van der Waals surface area contributed by atoms with Crippen LogP contribution >= 0.6 is 0 Å². The summed E-state index contributed by atoms with van der Waals surface area (Å²) < 4.78 is 7.35. The van der Waals surface area contributed by atoms with Gasteiger partial charge in [-0.25, -0.2) is 0 Å². The maximum atomic E-state index is 12.4. The second kappa shape index (κ2) is 7.59. The molecule has 2 aromatic heterocycles. The van der Waals surface area contributed by atoms with Crippen molar-refractivity contribution >= 4 is 5.91 Å². The Kier molecular flexibility index (Phi) is 4.84. The van der Waals surface area contributed by atoms with E-state index in [1.54, 1.807) is 29.4 Å². The number of benzene rings is 1. The molecule has 27 heavy (non-hydrogen) atoms. The summed E-state index contributed by atoms with van der Waals surface area (Å²) in [5.74, 6) is 0.484. The molecule has 1 atom stereocenters. The molecule has 0 spiro atoms. The molecule has 1 aliphatic rings. The molecule has 3 heterocycles. The van der Waals surface area contributed by atoms with Gasteiger partial charge in [-0.1, -0.05) is 30.3 Å². The monoisotopic (exact) mass is 364 g/mol. The molecule has 1 unspecified atom stereocenters. The van der Waals surface area contributed by atoms with Crippen LogP contribution in [0.25, 0.3) is 0 Å². The number of hydrogen-bond donors (Lipinski definition) is 1. The van der Waals surface area contributed by atoms with Gasteiger partial charge in [-0.2, -0.15) is 5.10 Å². The van der Waals surface area contributed by atoms with Crippen molar-refractivity contribution in [2.45, 2.75) is 19.2 Å². The summed E-state index contributed by atoms with van der Waals surface area (Å²) in [6.45, 7) is 1.57. The molecule has 0 bridgehead atoms. The average Bonchev–Trinajstić information content (AvgIpc) is 3.16. The Bertz CT molecular complexity index is 911. The van der Waals surface area contributed by atoms with Gasteiger partial charge < -0.3 is 14.7 Å². The van der Waals surface area contributed by atoms with Crippen molar-refractivity contribution in [1.29, 1.82) is 0 Å². The van der Waals surface area contributed by atoms with Crippen molar-refractivity contribution in [3.05, 3.63) is 77.9 Å². The summed E-state index contributed by atoms with van der Waals surface area (Å²) in [5.41, 5.74) is 2.30. The number of aliphatic hydroxyl groups is 1. The molecule has 1 N–H and O–H groups in total. The molecule has 138 valence electrons. The Morgan fingerprint density at radius 3 is 2.81 bits per heavy atom. The van der Waals surface area contributed by atoms with E-state index in [1.807, 2.05) is 41.1 Å². The molecule has 0 saturated carbocycles. The first-order chi connectivity index (χ1) is 13.2. The molecule has 0 aliphatic carbocycles. The van der Waals surface area contributed by atoms with Crippen molar-refractivity contribution in [3.63, 3.8) is 0 Å². The lowest BCUT2D eigenvalue weighted by Gasteiger charge is -2.27. The van der Waals surface area contributed by atoms with E-state index >= 15 is 0 Å². The molecular formula is C20H20N4O3. The molecule has 3 aromatic rings. The number of hydrogen-bond acceptors (Lipinski definition) is 5. The Hall–Kier alpha value is -3.19. The molecule has 1 aromatic carbocycles. The summed E-state index contributed by atoms with van der Waals surface area (Å²) in [6, 6.07) is 14.8. The van der Waals surface area contributed by atoms with Gasteiger partial charge in [-0.3, -0.25) is 14.5 Å². The van der Waals surface area contributed by atoms with Crippen molar-refractivity contribution in [2.24, 2.45) is 0 Å². The van der Waals surface area contributed by atoms with E-state index in [9.17, 15) is 9.90 Å². The Morgan fingerprint density at radius 2 is 2.04 bits per heavy atom. The second-order valence-electron chi connectivity index (χ2n) is 6.39. The molecule has 1 aliphatic heterocycles. The zero-order valence-corrected chi connectivity index (χ0v) is 14.7. The quantitative estimate of drug-likeness (QED) is 0.746. The zero-order valence-electron chi connectivity index (χ0n) is 14.7. The third-order valence-electron chi connectivity index (χ3n) is 4.56. The smallest absolute Gasteiger partial charge is 0.260 e. The van der Waals surface area contributed by atoms with Crippen LogP contribution in [0, 0.1) is 0 Å². The van der Waals surface area contributed by atoms with Gasteiger partial charge in [-0.15, -0.1) is 0 Å². The normalized spacial score (nSPS) is 14.5. The Labute approximate surface area is 156 Å². The number of ether oxygens (including phenoxy) is 1. The first kappa shape index (κ1) is 17.2. The van der Waals surface area contributed by atoms with Crippen LogP contribution in [-0.2, 0) is 17.9 Å². The van der Waals surface area contributed by atoms with E-state index < -0.39 is 6.10 Å². The Morgan fingerprint density at radius 1 is 1.19 bits per heavy atom.